The molecule has 1 heterocycles. The third kappa shape index (κ3) is 5.48. The summed E-state index contributed by atoms with van der Waals surface area (Å²) in [5.41, 5.74) is 11.8. The van der Waals surface area contributed by atoms with E-state index in [0.29, 0.717) is 34.4 Å². The molecule has 0 bridgehead atoms. The highest BCUT2D eigenvalue weighted by molar-refractivity contribution is 7.17. The van der Waals surface area contributed by atoms with Crippen molar-refractivity contribution >= 4 is 39.8 Å². The number of hydrogen-bond donors (Lipinski definition) is 4. The van der Waals surface area contributed by atoms with E-state index < -0.39 is 6.03 Å². The van der Waals surface area contributed by atoms with Gasteiger partial charge in [0.1, 0.15) is 4.88 Å². The molecule has 0 spiro atoms. The molecule has 162 valence electrons. The van der Waals surface area contributed by atoms with E-state index in [9.17, 15) is 9.59 Å². The van der Waals surface area contributed by atoms with Gasteiger partial charge in [0, 0.05) is 11.4 Å². The van der Waals surface area contributed by atoms with Gasteiger partial charge in [-0.2, -0.15) is 0 Å². The lowest BCUT2D eigenvalue weighted by Gasteiger charge is -2.12. The molecular weight excluding hydrogens is 410 g/mol. The van der Waals surface area contributed by atoms with Crippen molar-refractivity contribution in [3.05, 3.63) is 69.2 Å². The Morgan fingerprint density at radius 3 is 2.35 bits per heavy atom. The Morgan fingerprint density at radius 1 is 1.00 bits per heavy atom. The van der Waals surface area contributed by atoms with Crippen LogP contribution in [0.5, 0.6) is 0 Å². The first-order valence-electron chi connectivity index (χ1n) is 10.0. The molecule has 0 saturated heterocycles. The van der Waals surface area contributed by atoms with Gasteiger partial charge in [-0.1, -0.05) is 47.2 Å². The Morgan fingerprint density at radius 2 is 1.68 bits per heavy atom. The van der Waals surface area contributed by atoms with Crippen LogP contribution in [0.25, 0.3) is 0 Å². The zero-order valence-electron chi connectivity index (χ0n) is 18.1. The highest BCUT2D eigenvalue weighted by Gasteiger charge is 2.18. The van der Waals surface area contributed by atoms with Crippen molar-refractivity contribution in [1.82, 2.24) is 4.98 Å². The summed E-state index contributed by atoms with van der Waals surface area (Å²) in [7, 11) is 0. The number of rotatable bonds is 6. The first-order valence-corrected chi connectivity index (χ1v) is 10.8. The number of nitrogens with one attached hydrogen (secondary N) is 3. The van der Waals surface area contributed by atoms with E-state index in [-0.39, 0.29) is 5.91 Å². The van der Waals surface area contributed by atoms with Crippen molar-refractivity contribution in [3.8, 4) is 0 Å². The molecule has 2 aromatic carbocycles. The predicted molar refractivity (Wildman–Crippen MR) is 127 cm³/mol. The van der Waals surface area contributed by atoms with Crippen LogP contribution >= 0.6 is 11.3 Å². The number of amides is 3. The SMILES string of the molecule is Cc1cc(C)c(NC(=O)c2sc(NC(=O)Nc3ccccc3CCN)nc2C)c(C)c1. The smallest absolute Gasteiger partial charge is 0.325 e. The maximum Gasteiger partial charge on any atom is 0.325 e. The van der Waals surface area contributed by atoms with Crippen LogP contribution in [-0.4, -0.2) is 23.5 Å². The number of aryl methyl sites for hydroxylation is 4. The molecule has 0 radical (unpaired) electrons. The fourth-order valence-electron chi connectivity index (χ4n) is 3.47. The van der Waals surface area contributed by atoms with Gasteiger partial charge in [0.15, 0.2) is 5.13 Å². The van der Waals surface area contributed by atoms with Gasteiger partial charge in [-0.15, -0.1) is 0 Å². The molecule has 3 rings (SSSR count). The molecule has 0 aliphatic rings. The van der Waals surface area contributed by atoms with E-state index in [4.69, 9.17) is 5.73 Å². The molecule has 0 aliphatic heterocycles. The number of aromatic nitrogens is 1. The highest BCUT2D eigenvalue weighted by atomic mass is 32.1. The molecule has 1 aromatic heterocycles. The number of carbonyl (C=O) groups excluding carboxylic acids is 2. The van der Waals surface area contributed by atoms with Crippen LogP contribution in [0.1, 0.15) is 37.6 Å². The average molecular weight is 438 g/mol. The molecule has 0 saturated carbocycles. The van der Waals surface area contributed by atoms with Crippen LogP contribution in [0.2, 0.25) is 0 Å². The van der Waals surface area contributed by atoms with Crippen LogP contribution in [-0.2, 0) is 6.42 Å². The summed E-state index contributed by atoms with van der Waals surface area (Å²) in [4.78, 5) is 30.1. The fraction of sp³-hybridized carbons (Fsp3) is 0.261. The van der Waals surface area contributed by atoms with Crippen LogP contribution in [0.15, 0.2) is 36.4 Å². The van der Waals surface area contributed by atoms with Gasteiger partial charge >= 0.3 is 6.03 Å². The summed E-state index contributed by atoms with van der Waals surface area (Å²) in [6.45, 7) is 8.20. The minimum absolute atomic E-state index is 0.244. The molecule has 0 fully saturated rings. The molecule has 0 unspecified atom stereocenters. The van der Waals surface area contributed by atoms with Crippen LogP contribution in [0.4, 0.5) is 21.3 Å². The summed E-state index contributed by atoms with van der Waals surface area (Å²) in [5, 5.41) is 8.88. The lowest BCUT2D eigenvalue weighted by molar-refractivity contribution is 0.102. The quantitative estimate of drug-likeness (QED) is 0.445. The van der Waals surface area contributed by atoms with Crippen LogP contribution < -0.4 is 21.7 Å². The van der Waals surface area contributed by atoms with Crippen molar-refractivity contribution in [2.45, 2.75) is 34.1 Å². The Bertz CT molecular complexity index is 1100. The summed E-state index contributed by atoms with van der Waals surface area (Å²) < 4.78 is 0. The van der Waals surface area contributed by atoms with E-state index in [1.165, 1.54) is 0 Å². The molecule has 3 aromatic rings. The molecular formula is C23H27N5O2S. The van der Waals surface area contributed by atoms with E-state index in [0.717, 1.165) is 39.3 Å². The van der Waals surface area contributed by atoms with E-state index >= 15 is 0 Å². The summed E-state index contributed by atoms with van der Waals surface area (Å²) in [6, 6.07) is 11.1. The maximum absolute atomic E-state index is 12.9. The van der Waals surface area contributed by atoms with Gasteiger partial charge in [-0.25, -0.2) is 9.78 Å². The monoisotopic (exact) mass is 437 g/mol. The van der Waals surface area contributed by atoms with E-state index in [1.54, 1.807) is 6.92 Å². The van der Waals surface area contributed by atoms with Gasteiger partial charge in [0.25, 0.3) is 5.91 Å². The predicted octanol–water partition coefficient (Wildman–Crippen LogP) is 4.77. The molecule has 7 nitrogen and oxygen atoms in total. The van der Waals surface area contributed by atoms with Crippen molar-refractivity contribution in [3.63, 3.8) is 0 Å². The highest BCUT2D eigenvalue weighted by Crippen LogP contribution is 2.27. The largest absolute Gasteiger partial charge is 0.330 e. The third-order valence-electron chi connectivity index (χ3n) is 4.82. The Labute approximate surface area is 186 Å². The zero-order valence-corrected chi connectivity index (χ0v) is 18.9. The number of para-hydroxylation sites is 1. The summed E-state index contributed by atoms with van der Waals surface area (Å²) in [5.74, 6) is -0.244. The number of carbonyl (C=O) groups is 2. The number of benzene rings is 2. The van der Waals surface area contributed by atoms with Crippen LogP contribution in [0, 0.1) is 27.7 Å². The van der Waals surface area contributed by atoms with Crippen molar-refractivity contribution in [2.24, 2.45) is 5.73 Å². The first-order chi connectivity index (χ1) is 14.8. The molecule has 31 heavy (non-hydrogen) atoms. The fourth-order valence-corrected chi connectivity index (χ4v) is 4.33. The average Bonchev–Trinajstić information content (AvgIpc) is 3.06. The molecule has 8 heteroatoms. The summed E-state index contributed by atoms with van der Waals surface area (Å²) in [6.07, 6.45) is 0.662. The second kappa shape index (κ2) is 9.72. The van der Waals surface area contributed by atoms with Gasteiger partial charge in [0.2, 0.25) is 0 Å². The maximum atomic E-state index is 12.9. The minimum Gasteiger partial charge on any atom is -0.330 e. The van der Waals surface area contributed by atoms with E-state index in [2.05, 4.69) is 20.9 Å². The van der Waals surface area contributed by atoms with E-state index in [1.807, 2.05) is 57.2 Å². The number of nitrogens with two attached hydrogens (primary N) is 1. The molecule has 0 atom stereocenters. The zero-order chi connectivity index (χ0) is 22.5. The van der Waals surface area contributed by atoms with Gasteiger partial charge in [-0.3, -0.25) is 10.1 Å². The standard InChI is InChI=1S/C23H27N5O2S/c1-13-11-14(2)19(15(3)12-13)27-21(29)20-16(4)25-23(31-20)28-22(30)26-18-8-6-5-7-17(18)9-10-24/h5-8,11-12H,9-10,24H2,1-4H3,(H,27,29)(H2,25,26,28,30). The van der Waals surface area contributed by atoms with Crippen molar-refractivity contribution in [1.29, 1.82) is 0 Å². The van der Waals surface area contributed by atoms with Gasteiger partial charge in [0.05, 0.1) is 5.69 Å². The Kier molecular flexibility index (Phi) is 7.04. The van der Waals surface area contributed by atoms with Crippen LogP contribution in [0.3, 0.4) is 0 Å². The lowest BCUT2D eigenvalue weighted by Crippen LogP contribution is -2.20. The number of anilines is 3. The number of urea groups is 1. The topological polar surface area (TPSA) is 109 Å². The summed E-state index contributed by atoms with van der Waals surface area (Å²) >= 11 is 1.14. The van der Waals surface area contributed by atoms with Crippen molar-refractivity contribution < 1.29 is 9.59 Å². The van der Waals surface area contributed by atoms with Crippen molar-refractivity contribution in [2.75, 3.05) is 22.5 Å². The second-order valence-corrected chi connectivity index (χ2v) is 8.44. The molecule has 0 aliphatic carbocycles. The molecule has 3 amide bonds. The normalized spacial score (nSPS) is 10.6. The second-order valence-electron chi connectivity index (χ2n) is 7.44. The van der Waals surface area contributed by atoms with Gasteiger partial charge < -0.3 is 16.4 Å². The first kappa shape index (κ1) is 22.5. The molecule has 5 N–H and O–H groups in total. The Hall–Kier alpha value is -3.23. The van der Waals surface area contributed by atoms with Gasteiger partial charge in [-0.05, 0) is 63.4 Å². The number of thiazole rings is 1. The Balaban J connectivity index is 1.71. The minimum atomic E-state index is -0.421. The third-order valence-corrected chi connectivity index (χ3v) is 5.89. The number of hydrogen-bond acceptors (Lipinski definition) is 5. The lowest BCUT2D eigenvalue weighted by atomic mass is 10.1. The number of nitrogens with zero attached hydrogens (tertiary/aromatic N) is 1.